The molecule has 0 aliphatic rings. The molecule has 9 aromatic rings. The van der Waals surface area contributed by atoms with Crippen LogP contribution in [0.2, 0.25) is 0 Å². The average molecular weight is 664 g/mol. The summed E-state index contributed by atoms with van der Waals surface area (Å²) in [5, 5.41) is 18.5. The number of hydrogen-bond donors (Lipinski definition) is 1. The van der Waals surface area contributed by atoms with Gasteiger partial charge in [0.05, 0.1) is 0 Å². The lowest BCUT2D eigenvalue weighted by Gasteiger charge is -2.14. The van der Waals surface area contributed by atoms with Crippen molar-refractivity contribution in [3.63, 3.8) is 0 Å². The molecule has 0 heterocycles. The molecule has 52 heavy (non-hydrogen) atoms. The number of benzene rings is 9. The van der Waals surface area contributed by atoms with Crippen LogP contribution in [0.25, 0.3) is 65.3 Å². The van der Waals surface area contributed by atoms with Gasteiger partial charge in [0.1, 0.15) is 0 Å². The zero-order valence-electron chi connectivity index (χ0n) is 28.4. The van der Waals surface area contributed by atoms with Gasteiger partial charge in [-0.2, -0.15) is 0 Å². The van der Waals surface area contributed by atoms with Crippen molar-refractivity contribution in [1.82, 2.24) is 0 Å². The third-order valence-electron chi connectivity index (χ3n) is 9.86. The Labute approximate surface area is 302 Å². The van der Waals surface area contributed by atoms with Gasteiger partial charge in [-0.05, 0) is 71.4 Å². The van der Waals surface area contributed by atoms with Crippen LogP contribution in [-0.2, 0) is 0 Å². The number of amidine groups is 2. The number of rotatable bonds is 5. The fourth-order valence-corrected chi connectivity index (χ4v) is 7.27. The predicted molar refractivity (Wildman–Crippen MR) is 221 cm³/mol. The highest BCUT2D eigenvalue weighted by atomic mass is 14.9. The molecule has 0 radical (unpaired) electrons. The molecule has 0 atom stereocenters. The molecule has 0 bridgehead atoms. The highest BCUT2D eigenvalue weighted by Crippen LogP contribution is 2.34. The van der Waals surface area contributed by atoms with Crippen LogP contribution in [-0.4, -0.2) is 17.9 Å². The van der Waals surface area contributed by atoms with Crippen LogP contribution >= 0.6 is 0 Å². The number of nitrogens with one attached hydrogen (secondary N) is 1. The lowest BCUT2D eigenvalue weighted by molar-refractivity contribution is 1.40. The van der Waals surface area contributed by atoms with Crippen LogP contribution in [0, 0.1) is 5.41 Å². The van der Waals surface area contributed by atoms with E-state index in [9.17, 15) is 5.41 Å². The van der Waals surface area contributed by atoms with Gasteiger partial charge in [-0.25, -0.2) is 9.98 Å². The molecule has 0 aliphatic heterocycles. The Morgan fingerprint density at radius 3 is 1.83 bits per heavy atom. The largest absolute Gasteiger partial charge is 0.282 e. The van der Waals surface area contributed by atoms with E-state index < -0.39 is 0 Å². The van der Waals surface area contributed by atoms with E-state index in [-0.39, 0.29) is 5.84 Å². The molecule has 0 saturated carbocycles. The fourth-order valence-electron chi connectivity index (χ4n) is 7.27. The molecule has 0 unspecified atom stereocenters. The first kappa shape index (κ1) is 31.0. The minimum atomic E-state index is 0.147. The third-order valence-corrected chi connectivity index (χ3v) is 9.86. The first-order chi connectivity index (χ1) is 25.7. The van der Waals surface area contributed by atoms with E-state index in [1.54, 1.807) is 0 Å². The average Bonchev–Trinajstić information content (AvgIpc) is 3.22. The van der Waals surface area contributed by atoms with Crippen LogP contribution in [0.4, 0.5) is 0 Å². The van der Waals surface area contributed by atoms with Crippen LogP contribution in [0.5, 0.6) is 0 Å². The molecule has 0 amide bonds. The second-order valence-corrected chi connectivity index (χ2v) is 13.0. The molecule has 1 N–H and O–H groups in total. The topological polar surface area (TPSA) is 48.6 Å². The van der Waals surface area contributed by atoms with E-state index in [0.717, 1.165) is 65.9 Å². The van der Waals surface area contributed by atoms with Gasteiger partial charge < -0.3 is 0 Å². The Morgan fingerprint density at radius 2 is 1.02 bits per heavy atom. The number of nitrogens with zero attached hydrogens (tertiary/aromatic N) is 2. The van der Waals surface area contributed by atoms with Gasteiger partial charge in [0, 0.05) is 22.9 Å². The normalized spacial score (nSPS) is 12.0. The van der Waals surface area contributed by atoms with Crippen molar-refractivity contribution in [2.24, 2.45) is 9.98 Å². The van der Waals surface area contributed by atoms with E-state index in [1.165, 1.54) is 16.2 Å². The lowest BCUT2D eigenvalue weighted by Crippen LogP contribution is -2.06. The van der Waals surface area contributed by atoms with Gasteiger partial charge in [-0.3, -0.25) is 5.41 Å². The molecule has 0 saturated heterocycles. The van der Waals surface area contributed by atoms with Crippen molar-refractivity contribution in [3.05, 3.63) is 205 Å². The molecule has 3 heteroatoms. The standard InChI is InChI=1S/C49H33N3/c50-48(37-27-25-34(26-28-37)33-13-2-1-3-14-33)52-49(45-23-11-10-22-43(45)42-24-12-18-35-15-4-7-19-39(35)42)51-32-47-41-21-9-6-17-38(41)31-46-40-20-8-5-16-36(40)29-30-44(46)47/h1-32,50H. The number of aliphatic imine (C=N–C) groups is 2. The molecule has 9 rings (SSSR count). The summed E-state index contributed by atoms with van der Waals surface area (Å²) in [6.07, 6.45) is 1.95. The molecule has 0 fully saturated rings. The first-order valence-electron chi connectivity index (χ1n) is 17.5. The van der Waals surface area contributed by atoms with Crippen LogP contribution in [0.15, 0.2) is 198 Å². The van der Waals surface area contributed by atoms with E-state index >= 15 is 0 Å². The summed E-state index contributed by atoms with van der Waals surface area (Å²) in [5.41, 5.74) is 6.93. The lowest BCUT2D eigenvalue weighted by atomic mass is 9.93. The van der Waals surface area contributed by atoms with Gasteiger partial charge in [0.15, 0.2) is 11.7 Å². The van der Waals surface area contributed by atoms with E-state index in [4.69, 9.17) is 9.98 Å². The van der Waals surface area contributed by atoms with Gasteiger partial charge in [0.2, 0.25) is 0 Å². The summed E-state index contributed by atoms with van der Waals surface area (Å²) >= 11 is 0. The number of hydrogen-bond acceptors (Lipinski definition) is 1. The Hall–Kier alpha value is -6.97. The molecule has 3 nitrogen and oxygen atoms in total. The SMILES string of the molecule is N=C(N=C(N=Cc1c2ccccc2cc2c1ccc1ccccc12)c1ccccc1-c1cccc2ccccc12)c1ccc(-c2ccccc2)cc1. The highest BCUT2D eigenvalue weighted by molar-refractivity contribution is 6.23. The van der Waals surface area contributed by atoms with Crippen molar-refractivity contribution in [3.8, 4) is 22.3 Å². The van der Waals surface area contributed by atoms with Gasteiger partial charge in [-0.1, -0.05) is 182 Å². The second kappa shape index (κ2) is 13.4. The summed E-state index contributed by atoms with van der Waals surface area (Å²) in [6.45, 7) is 0. The summed E-state index contributed by atoms with van der Waals surface area (Å²) in [7, 11) is 0. The second-order valence-electron chi connectivity index (χ2n) is 13.0. The van der Waals surface area contributed by atoms with Crippen LogP contribution in [0.1, 0.15) is 16.7 Å². The maximum atomic E-state index is 9.27. The molecule has 244 valence electrons. The molecule has 0 spiro atoms. The van der Waals surface area contributed by atoms with Gasteiger partial charge >= 0.3 is 0 Å². The van der Waals surface area contributed by atoms with Crippen molar-refractivity contribution in [1.29, 1.82) is 5.41 Å². The van der Waals surface area contributed by atoms with Gasteiger partial charge in [-0.15, -0.1) is 0 Å². The Balaban J connectivity index is 1.23. The fraction of sp³-hybridized carbons (Fsp3) is 0. The third kappa shape index (κ3) is 5.74. The maximum Gasteiger partial charge on any atom is 0.162 e. The van der Waals surface area contributed by atoms with Gasteiger partial charge in [0.25, 0.3) is 0 Å². The molecule has 0 aromatic heterocycles. The Morgan fingerprint density at radius 1 is 0.423 bits per heavy atom. The van der Waals surface area contributed by atoms with Crippen molar-refractivity contribution < 1.29 is 0 Å². The summed E-state index contributed by atoms with van der Waals surface area (Å²) in [6, 6.07) is 65.0. The zero-order valence-corrected chi connectivity index (χ0v) is 28.4. The summed E-state index contributed by atoms with van der Waals surface area (Å²) in [5.74, 6) is 0.621. The zero-order chi connectivity index (χ0) is 34.9. The minimum Gasteiger partial charge on any atom is -0.282 e. The molecular formula is C49H33N3. The van der Waals surface area contributed by atoms with Crippen molar-refractivity contribution >= 4 is 61.0 Å². The first-order valence-corrected chi connectivity index (χ1v) is 17.5. The summed E-state index contributed by atoms with van der Waals surface area (Å²) in [4.78, 5) is 10.2. The predicted octanol–water partition coefficient (Wildman–Crippen LogP) is 12.5. The minimum absolute atomic E-state index is 0.147. The Bertz CT molecular complexity index is 2840. The summed E-state index contributed by atoms with van der Waals surface area (Å²) < 4.78 is 0. The van der Waals surface area contributed by atoms with E-state index in [0.29, 0.717) is 5.84 Å². The van der Waals surface area contributed by atoms with Crippen LogP contribution < -0.4 is 0 Å². The van der Waals surface area contributed by atoms with E-state index in [1.807, 2.05) is 54.7 Å². The smallest absolute Gasteiger partial charge is 0.162 e. The van der Waals surface area contributed by atoms with Crippen molar-refractivity contribution in [2.75, 3.05) is 0 Å². The van der Waals surface area contributed by atoms with Crippen molar-refractivity contribution in [2.45, 2.75) is 0 Å². The highest BCUT2D eigenvalue weighted by Gasteiger charge is 2.15. The molecule has 0 aliphatic carbocycles. The quantitative estimate of drug-likeness (QED) is 0.0825. The maximum absolute atomic E-state index is 9.27. The van der Waals surface area contributed by atoms with E-state index in [2.05, 4.69) is 140 Å². The monoisotopic (exact) mass is 663 g/mol. The molecule has 9 aromatic carbocycles. The molecular weight excluding hydrogens is 631 g/mol. The Kier molecular flexibility index (Phi) is 7.99. The number of fused-ring (bicyclic) bond motifs is 5. The van der Waals surface area contributed by atoms with Crippen LogP contribution in [0.3, 0.4) is 0 Å².